The summed E-state index contributed by atoms with van der Waals surface area (Å²) >= 11 is 3.49. The van der Waals surface area contributed by atoms with Crippen molar-refractivity contribution in [3.8, 4) is 5.75 Å². The smallest absolute Gasteiger partial charge is 0.242 e. The van der Waals surface area contributed by atoms with Crippen LogP contribution >= 0.6 is 15.9 Å². The minimum Gasteiger partial charge on any atom is -0.494 e. The Kier molecular flexibility index (Phi) is 9.15. The molecule has 0 bridgehead atoms. The van der Waals surface area contributed by atoms with Crippen molar-refractivity contribution in [2.45, 2.75) is 71.0 Å². The number of hydrogen-bond acceptors (Lipinski definition) is 3. The van der Waals surface area contributed by atoms with Gasteiger partial charge in [0.2, 0.25) is 11.8 Å². The van der Waals surface area contributed by atoms with Crippen molar-refractivity contribution < 1.29 is 14.3 Å². The second-order valence-electron chi connectivity index (χ2n) is 8.58. The second kappa shape index (κ2) is 12.0. The Morgan fingerprint density at radius 1 is 1.16 bits per heavy atom. The zero-order chi connectivity index (χ0) is 22.9. The molecule has 2 amide bonds. The van der Waals surface area contributed by atoms with Crippen molar-refractivity contribution in [3.05, 3.63) is 64.1 Å². The highest BCUT2D eigenvalue weighted by molar-refractivity contribution is 9.10. The van der Waals surface area contributed by atoms with Crippen molar-refractivity contribution in [2.24, 2.45) is 0 Å². The SMILES string of the molecule is Cc1ccc(OCCCC(=O)N(Cc2cccc(Br)c2)[C@H](C)C(=O)NC2CCCC2)cc1. The van der Waals surface area contributed by atoms with Gasteiger partial charge < -0.3 is 15.0 Å². The van der Waals surface area contributed by atoms with Gasteiger partial charge in [-0.2, -0.15) is 0 Å². The summed E-state index contributed by atoms with van der Waals surface area (Å²) in [5.41, 5.74) is 2.17. The fraction of sp³-hybridized carbons (Fsp3) is 0.462. The predicted octanol–water partition coefficient (Wildman–Crippen LogP) is 5.39. The third-order valence-electron chi connectivity index (χ3n) is 5.94. The van der Waals surface area contributed by atoms with Gasteiger partial charge in [-0.3, -0.25) is 9.59 Å². The molecule has 2 aromatic carbocycles. The highest BCUT2D eigenvalue weighted by Gasteiger charge is 2.28. The molecule has 1 aliphatic carbocycles. The Hall–Kier alpha value is -2.34. The van der Waals surface area contributed by atoms with Crippen LogP contribution in [0, 0.1) is 6.92 Å². The lowest BCUT2D eigenvalue weighted by Crippen LogP contribution is -2.49. The van der Waals surface area contributed by atoms with Crippen molar-refractivity contribution in [1.29, 1.82) is 0 Å². The number of hydrogen-bond donors (Lipinski definition) is 1. The van der Waals surface area contributed by atoms with Crippen LogP contribution in [0.1, 0.15) is 56.6 Å². The first-order valence-electron chi connectivity index (χ1n) is 11.5. The number of nitrogens with one attached hydrogen (secondary N) is 1. The number of rotatable bonds is 10. The maximum atomic E-state index is 13.2. The molecule has 0 spiro atoms. The van der Waals surface area contributed by atoms with Gasteiger partial charge in [-0.25, -0.2) is 0 Å². The van der Waals surface area contributed by atoms with Gasteiger partial charge >= 0.3 is 0 Å². The average Bonchev–Trinajstić information content (AvgIpc) is 3.28. The van der Waals surface area contributed by atoms with Crippen LogP contribution in [0.15, 0.2) is 53.0 Å². The van der Waals surface area contributed by atoms with Crippen molar-refractivity contribution in [1.82, 2.24) is 10.2 Å². The third kappa shape index (κ3) is 7.37. The van der Waals surface area contributed by atoms with Crippen molar-refractivity contribution >= 4 is 27.7 Å². The van der Waals surface area contributed by atoms with Gasteiger partial charge in [-0.15, -0.1) is 0 Å². The molecule has 1 N–H and O–H groups in total. The summed E-state index contributed by atoms with van der Waals surface area (Å²) in [4.78, 5) is 27.7. The average molecular weight is 501 g/mol. The summed E-state index contributed by atoms with van der Waals surface area (Å²) in [5, 5.41) is 3.14. The van der Waals surface area contributed by atoms with Gasteiger partial charge in [0, 0.05) is 23.5 Å². The number of ether oxygens (including phenoxy) is 1. The fourth-order valence-corrected chi connectivity index (χ4v) is 4.44. The molecule has 5 nitrogen and oxygen atoms in total. The van der Waals surface area contributed by atoms with Gasteiger partial charge in [-0.1, -0.05) is 58.6 Å². The Balaban J connectivity index is 1.59. The third-order valence-corrected chi connectivity index (χ3v) is 6.43. The Morgan fingerprint density at radius 3 is 2.56 bits per heavy atom. The molecule has 0 aliphatic heterocycles. The van der Waals surface area contributed by atoms with E-state index in [1.807, 2.05) is 62.4 Å². The Labute approximate surface area is 199 Å². The Morgan fingerprint density at radius 2 is 1.88 bits per heavy atom. The van der Waals surface area contributed by atoms with E-state index in [2.05, 4.69) is 21.2 Å². The number of nitrogens with zero attached hydrogens (tertiary/aromatic N) is 1. The van der Waals surface area contributed by atoms with E-state index in [1.54, 1.807) is 4.90 Å². The number of aryl methyl sites for hydroxylation is 1. The summed E-state index contributed by atoms with van der Waals surface area (Å²) < 4.78 is 6.72. The molecule has 3 rings (SSSR count). The van der Waals surface area contributed by atoms with E-state index in [-0.39, 0.29) is 17.9 Å². The van der Waals surface area contributed by atoms with Gasteiger partial charge in [0.05, 0.1) is 6.61 Å². The molecule has 1 fully saturated rings. The first-order chi connectivity index (χ1) is 15.4. The summed E-state index contributed by atoms with van der Waals surface area (Å²) in [6.07, 6.45) is 5.28. The maximum Gasteiger partial charge on any atom is 0.242 e. The molecule has 0 heterocycles. The molecule has 0 saturated heterocycles. The first-order valence-corrected chi connectivity index (χ1v) is 12.3. The zero-order valence-corrected chi connectivity index (χ0v) is 20.6. The van der Waals surface area contributed by atoms with Gasteiger partial charge in [0.25, 0.3) is 0 Å². The second-order valence-corrected chi connectivity index (χ2v) is 9.50. The van der Waals surface area contributed by atoms with E-state index < -0.39 is 6.04 Å². The Bertz CT molecular complexity index is 894. The van der Waals surface area contributed by atoms with Crippen LogP contribution in [0.3, 0.4) is 0 Å². The monoisotopic (exact) mass is 500 g/mol. The lowest BCUT2D eigenvalue weighted by atomic mass is 10.1. The van der Waals surface area contributed by atoms with E-state index >= 15 is 0 Å². The minimum absolute atomic E-state index is 0.0356. The number of carbonyl (C=O) groups excluding carboxylic acids is 2. The minimum atomic E-state index is -0.528. The molecular formula is C26H33BrN2O3. The van der Waals surface area contributed by atoms with E-state index in [9.17, 15) is 9.59 Å². The van der Waals surface area contributed by atoms with Crippen LogP contribution in [-0.4, -0.2) is 35.4 Å². The lowest BCUT2D eigenvalue weighted by Gasteiger charge is -2.30. The van der Waals surface area contributed by atoms with Gasteiger partial charge in [0.15, 0.2) is 0 Å². The quantitative estimate of drug-likeness (QED) is 0.444. The molecule has 1 atom stereocenters. The summed E-state index contributed by atoms with van der Waals surface area (Å²) in [6.45, 7) is 4.72. The summed E-state index contributed by atoms with van der Waals surface area (Å²) in [7, 11) is 0. The molecular weight excluding hydrogens is 468 g/mol. The summed E-state index contributed by atoms with van der Waals surface area (Å²) in [5.74, 6) is 0.695. The largest absolute Gasteiger partial charge is 0.494 e. The van der Waals surface area contributed by atoms with Crippen LogP contribution in [0.4, 0.5) is 0 Å². The molecule has 172 valence electrons. The van der Waals surface area contributed by atoms with E-state index in [4.69, 9.17) is 4.74 Å². The number of carbonyl (C=O) groups is 2. The van der Waals surface area contributed by atoms with Crippen LogP contribution in [-0.2, 0) is 16.1 Å². The molecule has 32 heavy (non-hydrogen) atoms. The van der Waals surface area contributed by atoms with Crippen molar-refractivity contribution in [2.75, 3.05) is 6.61 Å². The normalized spacial score (nSPS) is 14.7. The molecule has 0 unspecified atom stereocenters. The van der Waals surface area contributed by atoms with Crippen LogP contribution in [0.2, 0.25) is 0 Å². The van der Waals surface area contributed by atoms with E-state index in [0.717, 1.165) is 41.5 Å². The van der Waals surface area contributed by atoms with Crippen LogP contribution < -0.4 is 10.1 Å². The van der Waals surface area contributed by atoms with Crippen LogP contribution in [0.25, 0.3) is 0 Å². The first kappa shape index (κ1) is 24.3. The zero-order valence-electron chi connectivity index (χ0n) is 19.0. The number of halogens is 1. The highest BCUT2D eigenvalue weighted by Crippen LogP contribution is 2.20. The lowest BCUT2D eigenvalue weighted by molar-refractivity contribution is -0.141. The topological polar surface area (TPSA) is 58.6 Å². The van der Waals surface area contributed by atoms with Crippen molar-refractivity contribution in [3.63, 3.8) is 0 Å². The fourth-order valence-electron chi connectivity index (χ4n) is 4.00. The molecule has 6 heteroatoms. The van der Waals surface area contributed by atoms with E-state index in [1.165, 1.54) is 5.56 Å². The maximum absolute atomic E-state index is 13.2. The predicted molar refractivity (Wildman–Crippen MR) is 130 cm³/mol. The van der Waals surface area contributed by atoms with E-state index in [0.29, 0.717) is 26.0 Å². The molecule has 1 saturated carbocycles. The van der Waals surface area contributed by atoms with Crippen LogP contribution in [0.5, 0.6) is 5.75 Å². The molecule has 0 radical (unpaired) electrons. The highest BCUT2D eigenvalue weighted by atomic mass is 79.9. The standard InChI is InChI=1S/C26H33BrN2O3/c1-19-12-14-24(15-13-19)32-16-6-11-25(30)29(18-21-7-5-8-22(27)17-21)20(2)26(31)28-23-9-3-4-10-23/h5,7-8,12-15,17,20,23H,3-4,6,9-11,16,18H2,1-2H3,(H,28,31)/t20-/m1/s1. The summed E-state index contributed by atoms with van der Waals surface area (Å²) in [6, 6.07) is 15.5. The van der Waals surface area contributed by atoms with Gasteiger partial charge in [0.1, 0.15) is 11.8 Å². The number of amides is 2. The van der Waals surface area contributed by atoms with Gasteiger partial charge in [-0.05, 0) is 62.9 Å². The molecule has 0 aromatic heterocycles. The number of benzene rings is 2. The molecule has 2 aromatic rings. The molecule has 1 aliphatic rings.